The molecule has 0 saturated heterocycles. The van der Waals surface area contributed by atoms with Gasteiger partial charge in [0, 0.05) is 14.9 Å². The van der Waals surface area contributed by atoms with Crippen LogP contribution in [0.1, 0.15) is 58.3 Å². The molecule has 1 aliphatic rings. The molecule has 26 heavy (non-hydrogen) atoms. The van der Waals surface area contributed by atoms with Crippen LogP contribution in [0, 0.1) is 5.92 Å². The normalized spacial score (nSPS) is 16.3. The highest BCUT2D eigenvalue weighted by Gasteiger charge is 2.29. The van der Waals surface area contributed by atoms with Crippen molar-refractivity contribution in [1.29, 1.82) is 0 Å². The second-order valence-electron chi connectivity index (χ2n) is 6.97. The number of thiophene rings is 1. The topological polar surface area (TPSA) is 55.4 Å². The Bertz CT molecular complexity index is 826. The van der Waals surface area contributed by atoms with Gasteiger partial charge in [-0.25, -0.2) is 4.79 Å². The highest BCUT2D eigenvalue weighted by molar-refractivity contribution is 9.10. The molecule has 0 radical (unpaired) electrons. The number of anilines is 1. The van der Waals surface area contributed by atoms with E-state index in [1.165, 1.54) is 16.2 Å². The molecular formula is C20H22BrNO3S. The number of esters is 1. The van der Waals surface area contributed by atoms with E-state index < -0.39 is 0 Å². The highest BCUT2D eigenvalue weighted by Crippen LogP contribution is 2.40. The fourth-order valence-electron chi connectivity index (χ4n) is 3.10. The summed E-state index contributed by atoms with van der Waals surface area (Å²) in [6, 6.07) is 7.15. The summed E-state index contributed by atoms with van der Waals surface area (Å²) in [5.74, 6) is 0.0195. The minimum absolute atomic E-state index is 0.199. The second-order valence-corrected chi connectivity index (χ2v) is 8.99. The second kappa shape index (κ2) is 7.92. The lowest BCUT2D eigenvalue weighted by atomic mass is 9.88. The molecule has 138 valence electrons. The molecule has 4 nitrogen and oxygen atoms in total. The number of carbonyl (C=O) groups is 2. The number of benzene rings is 1. The summed E-state index contributed by atoms with van der Waals surface area (Å²) in [7, 11) is 0. The number of halogens is 1. The number of nitrogens with one attached hydrogen (secondary N) is 1. The van der Waals surface area contributed by atoms with Gasteiger partial charge in [-0.2, -0.15) is 0 Å². The van der Waals surface area contributed by atoms with Crippen LogP contribution in [0.5, 0.6) is 0 Å². The van der Waals surface area contributed by atoms with E-state index in [0.29, 0.717) is 22.0 Å². The Morgan fingerprint density at radius 2 is 1.96 bits per heavy atom. The van der Waals surface area contributed by atoms with Gasteiger partial charge >= 0.3 is 5.97 Å². The molecule has 6 heteroatoms. The third kappa shape index (κ3) is 4.18. The van der Waals surface area contributed by atoms with E-state index in [1.54, 1.807) is 12.1 Å². The lowest BCUT2D eigenvalue weighted by molar-refractivity contribution is 0.0378. The first kappa shape index (κ1) is 19.1. The van der Waals surface area contributed by atoms with E-state index in [2.05, 4.69) is 28.2 Å². The Morgan fingerprint density at radius 1 is 1.27 bits per heavy atom. The summed E-state index contributed by atoms with van der Waals surface area (Å²) >= 11 is 4.87. The van der Waals surface area contributed by atoms with Crippen LogP contribution in [0.25, 0.3) is 0 Å². The maximum absolute atomic E-state index is 12.7. The predicted octanol–water partition coefficient (Wildman–Crippen LogP) is 5.45. The average Bonchev–Trinajstić information content (AvgIpc) is 2.91. The number of fused-ring (bicyclic) bond motifs is 1. The van der Waals surface area contributed by atoms with Gasteiger partial charge in [0.1, 0.15) is 5.00 Å². The van der Waals surface area contributed by atoms with Gasteiger partial charge in [0.15, 0.2) is 0 Å². The van der Waals surface area contributed by atoms with E-state index in [0.717, 1.165) is 29.3 Å². The number of hydrogen-bond acceptors (Lipinski definition) is 4. The highest BCUT2D eigenvalue weighted by atomic mass is 79.9. The third-order valence-corrected chi connectivity index (χ3v) is 6.09. The van der Waals surface area contributed by atoms with Gasteiger partial charge in [0.2, 0.25) is 0 Å². The monoisotopic (exact) mass is 435 g/mol. The van der Waals surface area contributed by atoms with Gasteiger partial charge in [-0.1, -0.05) is 22.9 Å². The molecule has 1 atom stereocenters. The van der Waals surface area contributed by atoms with Gasteiger partial charge in [0.25, 0.3) is 5.91 Å². The first-order valence-corrected chi connectivity index (χ1v) is 10.4. The Balaban J connectivity index is 1.93. The summed E-state index contributed by atoms with van der Waals surface area (Å²) in [4.78, 5) is 26.5. The smallest absolute Gasteiger partial charge is 0.341 e. The van der Waals surface area contributed by atoms with E-state index in [9.17, 15) is 9.59 Å². The van der Waals surface area contributed by atoms with Crippen molar-refractivity contribution >= 4 is 44.1 Å². The van der Waals surface area contributed by atoms with Gasteiger partial charge in [-0.3, -0.25) is 4.79 Å². The summed E-state index contributed by atoms with van der Waals surface area (Å²) in [5, 5.41) is 3.54. The fourth-order valence-corrected chi connectivity index (χ4v) is 4.76. The molecule has 1 aromatic heterocycles. The molecule has 1 aromatic carbocycles. The first-order chi connectivity index (χ1) is 12.3. The molecule has 0 fully saturated rings. The molecule has 0 spiro atoms. The number of carbonyl (C=O) groups excluding carboxylic acids is 2. The average molecular weight is 436 g/mol. The lowest BCUT2D eigenvalue weighted by Gasteiger charge is -2.18. The maximum atomic E-state index is 12.7. The summed E-state index contributed by atoms with van der Waals surface area (Å²) < 4.78 is 6.35. The molecular weight excluding hydrogens is 414 g/mol. The van der Waals surface area contributed by atoms with Crippen LogP contribution < -0.4 is 5.32 Å². The first-order valence-electron chi connectivity index (χ1n) is 8.77. The SMILES string of the molecule is CC(C)OC(=O)c1c(NC(=O)c2ccc(Br)cc2)sc2c1CC[C@H](C)C2. The number of hydrogen-bond donors (Lipinski definition) is 1. The molecule has 0 aliphatic heterocycles. The van der Waals surface area contributed by atoms with Crippen LogP contribution in [0.3, 0.4) is 0 Å². The standard InChI is InChI=1S/C20H22BrNO3S/c1-11(2)25-20(24)17-15-9-4-12(3)10-16(15)26-19(17)22-18(23)13-5-7-14(21)8-6-13/h5-8,11-12H,4,9-10H2,1-3H3,(H,22,23)/t12-/m0/s1. The molecule has 2 aromatic rings. The fraction of sp³-hybridized carbons (Fsp3) is 0.400. The Morgan fingerprint density at radius 3 is 2.62 bits per heavy atom. The Labute approximate surface area is 166 Å². The van der Waals surface area contributed by atoms with Crippen molar-refractivity contribution in [2.75, 3.05) is 5.32 Å². The third-order valence-electron chi connectivity index (χ3n) is 4.39. The van der Waals surface area contributed by atoms with Crippen LogP contribution in [-0.2, 0) is 17.6 Å². The van der Waals surface area contributed by atoms with E-state index in [1.807, 2.05) is 26.0 Å². The van der Waals surface area contributed by atoms with Gasteiger partial charge < -0.3 is 10.1 Å². The zero-order valence-electron chi connectivity index (χ0n) is 15.1. The van der Waals surface area contributed by atoms with Crippen molar-refractivity contribution in [2.24, 2.45) is 5.92 Å². The minimum Gasteiger partial charge on any atom is -0.459 e. The molecule has 0 bridgehead atoms. The van der Waals surface area contributed by atoms with Gasteiger partial charge in [-0.05, 0) is 68.9 Å². The molecule has 3 rings (SSSR count). The number of rotatable bonds is 4. The molecule has 1 amide bonds. The predicted molar refractivity (Wildman–Crippen MR) is 108 cm³/mol. The quantitative estimate of drug-likeness (QED) is 0.649. The van der Waals surface area contributed by atoms with Crippen molar-refractivity contribution in [3.8, 4) is 0 Å². The van der Waals surface area contributed by atoms with E-state index in [4.69, 9.17) is 4.74 Å². The van der Waals surface area contributed by atoms with Crippen molar-refractivity contribution in [1.82, 2.24) is 0 Å². The van der Waals surface area contributed by atoms with Crippen molar-refractivity contribution < 1.29 is 14.3 Å². The van der Waals surface area contributed by atoms with Crippen LogP contribution >= 0.6 is 27.3 Å². The largest absolute Gasteiger partial charge is 0.459 e. The molecule has 0 saturated carbocycles. The van der Waals surface area contributed by atoms with E-state index >= 15 is 0 Å². The van der Waals surface area contributed by atoms with Crippen molar-refractivity contribution in [2.45, 2.75) is 46.1 Å². The maximum Gasteiger partial charge on any atom is 0.341 e. The summed E-state index contributed by atoms with van der Waals surface area (Å²) in [6.07, 6.45) is 2.64. The van der Waals surface area contributed by atoms with Crippen LogP contribution in [0.4, 0.5) is 5.00 Å². The Hall–Kier alpha value is -1.66. The number of amides is 1. The summed E-state index contributed by atoms with van der Waals surface area (Å²) in [6.45, 7) is 5.88. The zero-order valence-corrected chi connectivity index (χ0v) is 17.5. The van der Waals surface area contributed by atoms with Crippen molar-refractivity contribution in [3.63, 3.8) is 0 Å². The number of ether oxygens (including phenoxy) is 1. The molecule has 1 N–H and O–H groups in total. The summed E-state index contributed by atoms with van der Waals surface area (Å²) in [5.41, 5.74) is 2.14. The molecule has 0 unspecified atom stereocenters. The minimum atomic E-state index is -0.349. The molecule has 1 aliphatic carbocycles. The van der Waals surface area contributed by atoms with E-state index in [-0.39, 0.29) is 18.0 Å². The van der Waals surface area contributed by atoms with Crippen LogP contribution in [0.15, 0.2) is 28.7 Å². The van der Waals surface area contributed by atoms with Crippen LogP contribution in [-0.4, -0.2) is 18.0 Å². The Kier molecular flexibility index (Phi) is 5.82. The zero-order chi connectivity index (χ0) is 18.8. The van der Waals surface area contributed by atoms with Crippen molar-refractivity contribution in [3.05, 3.63) is 50.3 Å². The molecule has 1 heterocycles. The van der Waals surface area contributed by atoms with Gasteiger partial charge in [-0.15, -0.1) is 11.3 Å². The van der Waals surface area contributed by atoms with Crippen LogP contribution in [0.2, 0.25) is 0 Å². The van der Waals surface area contributed by atoms with Gasteiger partial charge in [0.05, 0.1) is 11.7 Å². The lowest BCUT2D eigenvalue weighted by Crippen LogP contribution is -2.18.